The molecule has 1 aromatic carbocycles. The number of carbonyl (C=O) groups is 1. The van der Waals surface area contributed by atoms with Crippen molar-refractivity contribution in [1.82, 2.24) is 0 Å². The van der Waals surface area contributed by atoms with Crippen LogP contribution in [0.3, 0.4) is 0 Å². The molecule has 2 nitrogen and oxygen atoms in total. The number of halogens is 1. The third-order valence-electron chi connectivity index (χ3n) is 3.74. The van der Waals surface area contributed by atoms with Crippen molar-refractivity contribution in [3.63, 3.8) is 0 Å². The van der Waals surface area contributed by atoms with Gasteiger partial charge in [-0.3, -0.25) is 4.79 Å². The highest BCUT2D eigenvalue weighted by molar-refractivity contribution is 14.1. The first-order valence-electron chi connectivity index (χ1n) is 5.82. The quantitative estimate of drug-likeness (QED) is 0.535. The third kappa shape index (κ3) is 1.88. The minimum atomic E-state index is -0.410. The maximum Gasteiger partial charge on any atom is 0.175 e. The van der Waals surface area contributed by atoms with Gasteiger partial charge < -0.3 is 4.74 Å². The van der Waals surface area contributed by atoms with Crippen LogP contribution in [0.15, 0.2) is 17.0 Å². The summed E-state index contributed by atoms with van der Waals surface area (Å²) in [6.07, 6.45) is 0. The largest absolute Gasteiger partial charge is 0.496 e. The van der Waals surface area contributed by atoms with Crippen LogP contribution in [-0.4, -0.2) is 15.6 Å². The minimum Gasteiger partial charge on any atom is -0.496 e. The van der Waals surface area contributed by atoms with Gasteiger partial charge >= 0.3 is 0 Å². The molecule has 0 amide bonds. The van der Waals surface area contributed by atoms with E-state index in [2.05, 4.69) is 29.5 Å². The van der Waals surface area contributed by atoms with E-state index in [1.165, 1.54) is 0 Å². The van der Waals surface area contributed by atoms with Crippen LogP contribution in [0.25, 0.3) is 0 Å². The summed E-state index contributed by atoms with van der Waals surface area (Å²) < 4.78 is 5.22. The molecule has 1 aromatic rings. The molecule has 0 fully saturated rings. The molecule has 4 heteroatoms. The van der Waals surface area contributed by atoms with E-state index < -0.39 is 5.41 Å². The summed E-state index contributed by atoms with van der Waals surface area (Å²) in [7, 11) is 1.62. The van der Waals surface area contributed by atoms with E-state index in [1.54, 1.807) is 18.9 Å². The van der Waals surface area contributed by atoms with Gasteiger partial charge in [0, 0.05) is 4.90 Å². The third-order valence-corrected chi connectivity index (χ3v) is 7.37. The maximum atomic E-state index is 12.8. The summed E-state index contributed by atoms with van der Waals surface area (Å²) in [5, 5.41) is 0. The Morgan fingerprint density at radius 3 is 2.44 bits per heavy atom. The molecule has 1 atom stereocenters. The van der Waals surface area contributed by atoms with Crippen molar-refractivity contribution < 1.29 is 9.53 Å². The molecular weight excluding hydrogens is 359 g/mol. The molecular formula is C14H17IO2S. The van der Waals surface area contributed by atoms with Gasteiger partial charge in [-0.2, -0.15) is 0 Å². The van der Waals surface area contributed by atoms with E-state index in [4.69, 9.17) is 4.74 Å². The van der Waals surface area contributed by atoms with Crippen LogP contribution < -0.4 is 4.74 Å². The number of fused-ring (bicyclic) bond motifs is 1. The zero-order chi connectivity index (χ0) is 13.7. The predicted octanol–water partition coefficient (Wildman–Crippen LogP) is 4.47. The van der Waals surface area contributed by atoms with Crippen molar-refractivity contribution in [3.05, 3.63) is 23.3 Å². The molecule has 0 radical (unpaired) electrons. The molecule has 18 heavy (non-hydrogen) atoms. The van der Waals surface area contributed by atoms with Crippen LogP contribution in [0.5, 0.6) is 5.75 Å². The van der Waals surface area contributed by atoms with Gasteiger partial charge in [0.15, 0.2) is 5.78 Å². The molecule has 1 aliphatic rings. The van der Waals surface area contributed by atoms with Crippen LogP contribution in [0.4, 0.5) is 0 Å². The van der Waals surface area contributed by atoms with Gasteiger partial charge in [-0.1, -0.05) is 42.5 Å². The predicted molar refractivity (Wildman–Crippen MR) is 84.1 cm³/mol. The zero-order valence-electron chi connectivity index (χ0n) is 11.3. The monoisotopic (exact) mass is 376 g/mol. The lowest BCUT2D eigenvalue weighted by Crippen LogP contribution is -2.43. The molecule has 0 aliphatic carbocycles. The maximum absolute atomic E-state index is 12.8. The van der Waals surface area contributed by atoms with Gasteiger partial charge in [0.2, 0.25) is 0 Å². The number of methoxy groups -OCH3 is 1. The van der Waals surface area contributed by atoms with E-state index in [9.17, 15) is 4.79 Å². The number of ketones is 1. The first-order valence-corrected chi connectivity index (χ1v) is 7.72. The molecule has 0 bridgehead atoms. The number of rotatable bonds is 1. The van der Waals surface area contributed by atoms with E-state index in [1.807, 2.05) is 32.9 Å². The number of thioether (sulfide) groups is 1. The van der Waals surface area contributed by atoms with Gasteiger partial charge in [0.1, 0.15) is 5.75 Å². The van der Waals surface area contributed by atoms with E-state index >= 15 is 0 Å². The average Bonchev–Trinajstić information content (AvgIpc) is 2.28. The van der Waals surface area contributed by atoms with Gasteiger partial charge in [0.25, 0.3) is 0 Å². The van der Waals surface area contributed by atoms with E-state index in [0.29, 0.717) is 5.75 Å². The standard InChI is InChI=1S/C14H17IO2S/c1-8-6-7-9(17-5)10-11(8)18-14(4,15)13(2,3)12(10)16/h6-7H,1-5H3. The lowest BCUT2D eigenvalue weighted by molar-refractivity contribution is 0.0821. The second kappa shape index (κ2) is 4.40. The number of Topliss-reactive ketones (excluding diaryl/α,β-unsaturated/α-hetero) is 1. The van der Waals surface area contributed by atoms with Crippen LogP contribution in [0, 0.1) is 12.3 Å². The summed E-state index contributed by atoms with van der Waals surface area (Å²) in [5.41, 5.74) is 1.48. The molecule has 0 spiro atoms. The van der Waals surface area contributed by atoms with Crippen LogP contribution in [-0.2, 0) is 0 Å². The molecule has 0 N–H and O–H groups in total. The molecule has 0 aromatic heterocycles. The number of ether oxygens (including phenoxy) is 1. The second-order valence-corrected chi connectivity index (χ2v) is 9.58. The number of hydrogen-bond donors (Lipinski definition) is 0. The van der Waals surface area contributed by atoms with Crippen molar-refractivity contribution in [2.24, 2.45) is 5.41 Å². The van der Waals surface area contributed by atoms with Crippen molar-refractivity contribution in [2.45, 2.75) is 35.3 Å². The average molecular weight is 376 g/mol. The van der Waals surface area contributed by atoms with Crippen LogP contribution in [0.1, 0.15) is 36.7 Å². The SMILES string of the molecule is COc1ccc(C)c2c1C(=O)C(C)(C)C(C)(I)S2. The Morgan fingerprint density at radius 1 is 1.28 bits per heavy atom. The molecule has 1 heterocycles. The smallest absolute Gasteiger partial charge is 0.175 e. The van der Waals surface area contributed by atoms with Crippen LogP contribution in [0.2, 0.25) is 0 Å². The Morgan fingerprint density at radius 2 is 1.89 bits per heavy atom. The fourth-order valence-corrected chi connectivity index (χ4v) is 4.18. The van der Waals surface area contributed by atoms with Crippen molar-refractivity contribution >= 4 is 40.1 Å². The summed E-state index contributed by atoms with van der Waals surface area (Å²) in [4.78, 5) is 13.9. The molecule has 98 valence electrons. The number of aryl methyl sites for hydroxylation is 1. The molecule has 1 unspecified atom stereocenters. The Labute approximate surface area is 126 Å². The fourth-order valence-electron chi connectivity index (χ4n) is 2.02. The Kier molecular flexibility index (Phi) is 3.47. The number of alkyl halides is 1. The Hall–Kier alpha value is -0.230. The number of benzene rings is 1. The zero-order valence-corrected chi connectivity index (χ0v) is 14.2. The van der Waals surface area contributed by atoms with Gasteiger partial charge in [-0.25, -0.2) is 0 Å². The van der Waals surface area contributed by atoms with Gasteiger partial charge in [0.05, 0.1) is 20.8 Å². The molecule has 2 rings (SSSR count). The first kappa shape index (κ1) is 14.2. The number of hydrogen-bond acceptors (Lipinski definition) is 3. The lowest BCUT2D eigenvalue weighted by Gasteiger charge is -2.43. The van der Waals surface area contributed by atoms with Crippen LogP contribution >= 0.6 is 34.4 Å². The normalized spacial score (nSPS) is 25.8. The minimum absolute atomic E-state index is 0.147. The second-order valence-electron chi connectivity index (χ2n) is 5.26. The van der Waals surface area contributed by atoms with Crippen molar-refractivity contribution in [1.29, 1.82) is 0 Å². The molecule has 0 saturated heterocycles. The topological polar surface area (TPSA) is 26.3 Å². The summed E-state index contributed by atoms with van der Waals surface area (Å²) >= 11 is 4.15. The molecule has 0 saturated carbocycles. The highest BCUT2D eigenvalue weighted by Crippen LogP contribution is 2.58. The lowest BCUT2D eigenvalue weighted by atomic mass is 9.80. The summed E-state index contributed by atoms with van der Waals surface area (Å²) in [6.45, 7) is 8.19. The van der Waals surface area contributed by atoms with Gasteiger partial charge in [-0.05, 0) is 25.5 Å². The number of carbonyl (C=O) groups excluding carboxylic acids is 1. The fraction of sp³-hybridized carbons (Fsp3) is 0.500. The highest BCUT2D eigenvalue weighted by atomic mass is 127. The van der Waals surface area contributed by atoms with E-state index in [-0.39, 0.29) is 8.54 Å². The highest BCUT2D eigenvalue weighted by Gasteiger charge is 2.51. The first-order chi connectivity index (χ1) is 8.22. The Balaban J connectivity index is 2.74. The van der Waals surface area contributed by atoms with E-state index in [0.717, 1.165) is 16.0 Å². The summed E-state index contributed by atoms with van der Waals surface area (Å²) in [5.74, 6) is 0.863. The Bertz CT molecular complexity index is 521. The van der Waals surface area contributed by atoms with Crippen molar-refractivity contribution in [3.8, 4) is 5.75 Å². The van der Waals surface area contributed by atoms with Gasteiger partial charge in [-0.15, -0.1) is 11.8 Å². The molecule has 1 aliphatic heterocycles. The van der Waals surface area contributed by atoms with Crippen molar-refractivity contribution in [2.75, 3.05) is 7.11 Å². The summed E-state index contributed by atoms with van der Waals surface area (Å²) in [6, 6.07) is 3.90.